The molecule has 2 nitrogen and oxygen atoms in total. The zero-order chi connectivity index (χ0) is 13.1. The molecule has 0 spiro atoms. The van der Waals surface area contributed by atoms with Gasteiger partial charge in [0, 0.05) is 19.8 Å². The molecule has 1 N–H and O–H groups in total. The summed E-state index contributed by atoms with van der Waals surface area (Å²) in [5.41, 5.74) is 0.351. The molecule has 1 saturated carbocycles. The molecule has 2 heteroatoms. The SMILES string of the molecule is CNC1CC(C)CCC1C(C)(C)C(C)COC. The first-order chi connectivity index (χ1) is 7.93. The average Bonchev–Trinajstić information content (AvgIpc) is 2.28. The first kappa shape index (κ1) is 15.0. The zero-order valence-corrected chi connectivity index (χ0v) is 12.5. The molecule has 4 atom stereocenters. The van der Waals surface area contributed by atoms with E-state index >= 15 is 0 Å². The molecule has 1 aliphatic carbocycles. The molecule has 4 unspecified atom stereocenters. The third kappa shape index (κ3) is 3.45. The standard InChI is InChI=1S/C15H31NO/c1-11-7-8-13(14(9-11)16-5)15(3,4)12(2)10-17-6/h11-14,16H,7-10H2,1-6H3. The molecular formula is C15H31NO. The van der Waals surface area contributed by atoms with Crippen LogP contribution in [0.15, 0.2) is 0 Å². The summed E-state index contributed by atoms with van der Waals surface area (Å²) >= 11 is 0. The van der Waals surface area contributed by atoms with E-state index in [0.29, 0.717) is 17.4 Å². The quantitative estimate of drug-likeness (QED) is 0.797. The topological polar surface area (TPSA) is 21.3 Å². The molecule has 17 heavy (non-hydrogen) atoms. The number of methoxy groups -OCH3 is 1. The minimum absolute atomic E-state index is 0.351. The Bertz CT molecular complexity index is 227. The lowest BCUT2D eigenvalue weighted by molar-refractivity contribution is 0.0133. The van der Waals surface area contributed by atoms with E-state index in [2.05, 4.69) is 40.1 Å². The number of hydrogen-bond acceptors (Lipinski definition) is 2. The predicted octanol–water partition coefficient (Wildman–Crippen LogP) is 3.32. The van der Waals surface area contributed by atoms with Gasteiger partial charge in [0.25, 0.3) is 0 Å². The molecule has 0 saturated heterocycles. The third-order valence-electron chi connectivity index (χ3n) is 5.13. The maximum absolute atomic E-state index is 5.35. The second-order valence-electron chi connectivity index (χ2n) is 6.60. The Balaban J connectivity index is 2.74. The van der Waals surface area contributed by atoms with Crippen molar-refractivity contribution in [3.05, 3.63) is 0 Å². The van der Waals surface area contributed by atoms with Crippen LogP contribution in [-0.4, -0.2) is 26.8 Å². The van der Waals surface area contributed by atoms with E-state index in [1.807, 2.05) is 7.11 Å². The molecule has 0 aromatic heterocycles. The molecule has 0 heterocycles. The van der Waals surface area contributed by atoms with Crippen LogP contribution in [0.4, 0.5) is 0 Å². The van der Waals surface area contributed by atoms with Gasteiger partial charge in [0.2, 0.25) is 0 Å². The minimum Gasteiger partial charge on any atom is -0.384 e. The Hall–Kier alpha value is -0.0800. The van der Waals surface area contributed by atoms with Crippen molar-refractivity contribution in [2.75, 3.05) is 20.8 Å². The van der Waals surface area contributed by atoms with Gasteiger partial charge >= 0.3 is 0 Å². The van der Waals surface area contributed by atoms with Crippen molar-refractivity contribution in [3.8, 4) is 0 Å². The summed E-state index contributed by atoms with van der Waals surface area (Å²) < 4.78 is 5.35. The number of rotatable bonds is 5. The Morgan fingerprint density at radius 1 is 1.35 bits per heavy atom. The largest absolute Gasteiger partial charge is 0.384 e. The van der Waals surface area contributed by atoms with Crippen molar-refractivity contribution in [1.82, 2.24) is 5.32 Å². The van der Waals surface area contributed by atoms with Gasteiger partial charge < -0.3 is 10.1 Å². The van der Waals surface area contributed by atoms with Crippen LogP contribution in [0.2, 0.25) is 0 Å². The van der Waals surface area contributed by atoms with E-state index in [1.165, 1.54) is 19.3 Å². The Morgan fingerprint density at radius 3 is 2.53 bits per heavy atom. The van der Waals surface area contributed by atoms with Gasteiger partial charge in [0.15, 0.2) is 0 Å². The molecule has 0 radical (unpaired) electrons. The molecule has 102 valence electrons. The molecule has 0 amide bonds. The van der Waals surface area contributed by atoms with E-state index < -0.39 is 0 Å². The molecule has 1 fully saturated rings. The highest BCUT2D eigenvalue weighted by Gasteiger charge is 2.41. The molecule has 1 rings (SSSR count). The van der Waals surface area contributed by atoms with E-state index in [4.69, 9.17) is 4.74 Å². The average molecular weight is 241 g/mol. The van der Waals surface area contributed by atoms with Gasteiger partial charge in [-0.25, -0.2) is 0 Å². The summed E-state index contributed by atoms with van der Waals surface area (Å²) in [7, 11) is 3.93. The molecule has 0 bridgehead atoms. The van der Waals surface area contributed by atoms with Crippen molar-refractivity contribution in [2.24, 2.45) is 23.2 Å². The Morgan fingerprint density at radius 2 is 2.00 bits per heavy atom. The lowest BCUT2D eigenvalue weighted by Gasteiger charge is -2.47. The normalized spacial score (nSPS) is 32.5. The summed E-state index contributed by atoms with van der Waals surface area (Å²) in [4.78, 5) is 0. The van der Waals surface area contributed by atoms with E-state index in [0.717, 1.165) is 18.4 Å². The van der Waals surface area contributed by atoms with Crippen molar-refractivity contribution in [2.45, 2.75) is 53.0 Å². The van der Waals surface area contributed by atoms with E-state index in [-0.39, 0.29) is 0 Å². The van der Waals surface area contributed by atoms with Crippen LogP contribution in [0.25, 0.3) is 0 Å². The maximum atomic E-state index is 5.35. The van der Waals surface area contributed by atoms with Crippen LogP contribution < -0.4 is 5.32 Å². The summed E-state index contributed by atoms with van der Waals surface area (Å²) in [5.74, 6) is 2.26. The lowest BCUT2D eigenvalue weighted by atomic mass is 9.62. The van der Waals surface area contributed by atoms with Crippen LogP contribution in [0.3, 0.4) is 0 Å². The smallest absolute Gasteiger partial charge is 0.0493 e. The summed E-state index contributed by atoms with van der Waals surface area (Å²) in [6.45, 7) is 10.4. The molecule has 1 aliphatic rings. The van der Waals surface area contributed by atoms with Crippen molar-refractivity contribution < 1.29 is 4.74 Å². The first-order valence-corrected chi connectivity index (χ1v) is 7.09. The van der Waals surface area contributed by atoms with Gasteiger partial charge in [-0.05, 0) is 43.1 Å². The number of hydrogen-bond donors (Lipinski definition) is 1. The highest BCUT2D eigenvalue weighted by Crippen LogP contribution is 2.44. The monoisotopic (exact) mass is 241 g/mol. The van der Waals surface area contributed by atoms with Crippen molar-refractivity contribution in [1.29, 1.82) is 0 Å². The second kappa shape index (κ2) is 6.19. The van der Waals surface area contributed by atoms with Gasteiger partial charge in [-0.3, -0.25) is 0 Å². The summed E-state index contributed by atoms with van der Waals surface area (Å²) in [5, 5.41) is 3.55. The second-order valence-corrected chi connectivity index (χ2v) is 6.60. The highest BCUT2D eigenvalue weighted by molar-refractivity contribution is 4.93. The van der Waals surface area contributed by atoms with Crippen LogP contribution in [0.5, 0.6) is 0 Å². The van der Waals surface area contributed by atoms with Crippen LogP contribution >= 0.6 is 0 Å². The lowest BCUT2D eigenvalue weighted by Crippen LogP contribution is -2.48. The zero-order valence-electron chi connectivity index (χ0n) is 12.5. The minimum atomic E-state index is 0.351. The highest BCUT2D eigenvalue weighted by atomic mass is 16.5. The fraction of sp³-hybridized carbons (Fsp3) is 1.00. The van der Waals surface area contributed by atoms with Gasteiger partial charge in [-0.1, -0.05) is 34.1 Å². The Kier molecular flexibility index (Phi) is 5.46. The molecule has 0 aromatic rings. The van der Waals surface area contributed by atoms with E-state index in [1.54, 1.807) is 0 Å². The van der Waals surface area contributed by atoms with Crippen LogP contribution in [-0.2, 0) is 4.74 Å². The summed E-state index contributed by atoms with van der Waals surface area (Å²) in [6.07, 6.45) is 4.06. The van der Waals surface area contributed by atoms with Crippen molar-refractivity contribution >= 4 is 0 Å². The first-order valence-electron chi connectivity index (χ1n) is 7.09. The number of ether oxygens (including phenoxy) is 1. The van der Waals surface area contributed by atoms with Gasteiger partial charge in [0.1, 0.15) is 0 Å². The van der Waals surface area contributed by atoms with Gasteiger partial charge in [0.05, 0.1) is 0 Å². The third-order valence-corrected chi connectivity index (χ3v) is 5.13. The van der Waals surface area contributed by atoms with Crippen LogP contribution in [0, 0.1) is 23.2 Å². The van der Waals surface area contributed by atoms with Gasteiger partial charge in [-0.15, -0.1) is 0 Å². The summed E-state index contributed by atoms with van der Waals surface area (Å²) in [6, 6.07) is 0.674. The fourth-order valence-corrected chi connectivity index (χ4v) is 3.42. The molecule has 0 aliphatic heterocycles. The number of nitrogens with one attached hydrogen (secondary N) is 1. The molecular weight excluding hydrogens is 210 g/mol. The Labute approximate surface area is 108 Å². The predicted molar refractivity (Wildman–Crippen MR) is 74.2 cm³/mol. The van der Waals surface area contributed by atoms with Crippen LogP contribution in [0.1, 0.15) is 47.0 Å². The van der Waals surface area contributed by atoms with E-state index in [9.17, 15) is 0 Å². The van der Waals surface area contributed by atoms with Gasteiger partial charge in [-0.2, -0.15) is 0 Å². The fourth-order valence-electron chi connectivity index (χ4n) is 3.42. The van der Waals surface area contributed by atoms with Crippen molar-refractivity contribution in [3.63, 3.8) is 0 Å². The maximum Gasteiger partial charge on any atom is 0.0493 e. The molecule has 0 aromatic carbocycles.